The van der Waals surface area contributed by atoms with Crippen LogP contribution in [0.5, 0.6) is 0 Å². The van der Waals surface area contributed by atoms with E-state index in [-0.39, 0.29) is 22.3 Å². The van der Waals surface area contributed by atoms with E-state index in [0.29, 0.717) is 23.1 Å². The third-order valence-electron chi connectivity index (χ3n) is 4.69. The number of hydrogen-bond donors (Lipinski definition) is 0. The second kappa shape index (κ2) is 6.59. The number of fused-ring (bicyclic) bond motifs is 4. The second-order valence-electron chi connectivity index (χ2n) is 6.42. The van der Waals surface area contributed by atoms with Crippen LogP contribution in [0, 0.1) is 35.1 Å². The number of aryl methyl sites for hydroxylation is 1. The zero-order valence-electron chi connectivity index (χ0n) is 14.5. The molecule has 0 unspecified atom stereocenters. The molecule has 0 saturated heterocycles. The van der Waals surface area contributed by atoms with Gasteiger partial charge in [-0.2, -0.15) is 0 Å². The third kappa shape index (κ3) is 2.71. The predicted molar refractivity (Wildman–Crippen MR) is 97.1 cm³/mol. The Balaban J connectivity index is 1.80. The molecule has 0 nitrogen and oxygen atoms in total. The summed E-state index contributed by atoms with van der Waals surface area (Å²) in [6, 6.07) is 10.6. The summed E-state index contributed by atoms with van der Waals surface area (Å²) in [5.74, 6) is 1.71. The Labute approximate surface area is 154 Å². The fraction of sp³-hybridized carbons (Fsp3) is 0.130. The molecule has 0 fully saturated rings. The fourth-order valence-electron chi connectivity index (χ4n) is 3.36. The summed E-state index contributed by atoms with van der Waals surface area (Å²) < 4.78 is 57.4. The van der Waals surface area contributed by atoms with Crippen LogP contribution in [0.4, 0.5) is 17.6 Å². The van der Waals surface area contributed by atoms with Gasteiger partial charge in [-0.25, -0.2) is 17.6 Å². The van der Waals surface area contributed by atoms with Gasteiger partial charge < -0.3 is 0 Å². The molecule has 0 heterocycles. The highest BCUT2D eigenvalue weighted by atomic mass is 19.2. The number of benzene rings is 3. The number of rotatable bonds is 2. The van der Waals surface area contributed by atoms with Crippen LogP contribution in [-0.2, 0) is 6.42 Å². The lowest BCUT2D eigenvalue weighted by molar-refractivity contribution is 0.507. The van der Waals surface area contributed by atoms with Gasteiger partial charge in [0.1, 0.15) is 11.6 Å². The summed E-state index contributed by atoms with van der Waals surface area (Å²) in [6.45, 7) is 1.92. The van der Waals surface area contributed by atoms with E-state index < -0.39 is 23.3 Å². The molecule has 0 radical (unpaired) electrons. The second-order valence-corrected chi connectivity index (χ2v) is 6.42. The first-order valence-corrected chi connectivity index (χ1v) is 8.63. The summed E-state index contributed by atoms with van der Waals surface area (Å²) in [4.78, 5) is 0. The molecule has 134 valence electrons. The Kier molecular flexibility index (Phi) is 4.24. The van der Waals surface area contributed by atoms with Crippen LogP contribution in [0.25, 0.3) is 22.3 Å². The molecule has 27 heavy (non-hydrogen) atoms. The molecular weight excluding hydrogens is 352 g/mol. The lowest BCUT2D eigenvalue weighted by atomic mass is 9.77. The molecule has 0 spiro atoms. The molecule has 1 aliphatic carbocycles. The van der Waals surface area contributed by atoms with Crippen LogP contribution in [0.2, 0.25) is 0 Å². The van der Waals surface area contributed by atoms with Gasteiger partial charge in [-0.05, 0) is 41.3 Å². The third-order valence-corrected chi connectivity index (χ3v) is 4.69. The van der Waals surface area contributed by atoms with Gasteiger partial charge in [0.2, 0.25) is 0 Å². The molecule has 0 aliphatic heterocycles. The first kappa shape index (κ1) is 17.4. The number of halogens is 4. The van der Waals surface area contributed by atoms with E-state index in [9.17, 15) is 17.6 Å². The monoisotopic (exact) mass is 366 g/mol. The lowest BCUT2D eigenvalue weighted by Gasteiger charge is -2.26. The van der Waals surface area contributed by atoms with Crippen molar-refractivity contribution in [2.75, 3.05) is 0 Å². The van der Waals surface area contributed by atoms with Gasteiger partial charge in [0, 0.05) is 11.1 Å². The van der Waals surface area contributed by atoms with Gasteiger partial charge in [0.05, 0.1) is 11.1 Å². The van der Waals surface area contributed by atoms with Crippen molar-refractivity contribution in [3.05, 3.63) is 82.4 Å². The van der Waals surface area contributed by atoms with Gasteiger partial charge in [0.25, 0.3) is 0 Å². The molecule has 4 rings (SSSR count). The quantitative estimate of drug-likeness (QED) is 0.291. The van der Waals surface area contributed by atoms with Crippen molar-refractivity contribution in [2.45, 2.75) is 19.8 Å². The van der Waals surface area contributed by atoms with E-state index in [0.717, 1.165) is 6.42 Å². The van der Waals surface area contributed by atoms with E-state index in [2.05, 4.69) is 11.8 Å². The van der Waals surface area contributed by atoms with Crippen LogP contribution in [0.3, 0.4) is 0 Å². The van der Waals surface area contributed by atoms with Gasteiger partial charge >= 0.3 is 0 Å². The lowest BCUT2D eigenvalue weighted by Crippen LogP contribution is -2.10. The Morgan fingerprint density at radius 1 is 0.741 bits per heavy atom. The molecule has 0 amide bonds. The maximum absolute atomic E-state index is 14.6. The van der Waals surface area contributed by atoms with Crippen LogP contribution in [-0.4, -0.2) is 0 Å². The van der Waals surface area contributed by atoms with Crippen molar-refractivity contribution in [1.29, 1.82) is 0 Å². The van der Waals surface area contributed by atoms with E-state index in [1.165, 1.54) is 24.3 Å². The van der Waals surface area contributed by atoms with Crippen LogP contribution >= 0.6 is 0 Å². The highest BCUT2D eigenvalue weighted by Crippen LogP contribution is 2.51. The zero-order chi connectivity index (χ0) is 19.1. The molecule has 3 aromatic carbocycles. The summed E-state index contributed by atoms with van der Waals surface area (Å²) >= 11 is 0. The average molecular weight is 366 g/mol. The zero-order valence-corrected chi connectivity index (χ0v) is 14.5. The van der Waals surface area contributed by atoms with Gasteiger partial charge in [-0.3, -0.25) is 0 Å². The van der Waals surface area contributed by atoms with Crippen LogP contribution in [0.15, 0.2) is 42.5 Å². The van der Waals surface area contributed by atoms with Crippen molar-refractivity contribution < 1.29 is 17.6 Å². The van der Waals surface area contributed by atoms with Crippen molar-refractivity contribution in [2.24, 2.45) is 0 Å². The van der Waals surface area contributed by atoms with E-state index >= 15 is 0 Å². The minimum atomic E-state index is -1.15. The number of hydrogen-bond acceptors (Lipinski definition) is 0. The molecule has 0 saturated carbocycles. The molecule has 0 aromatic heterocycles. The van der Waals surface area contributed by atoms with E-state index in [1.54, 1.807) is 18.2 Å². The van der Waals surface area contributed by atoms with E-state index in [1.807, 2.05) is 6.92 Å². The van der Waals surface area contributed by atoms with Crippen molar-refractivity contribution in [3.8, 4) is 34.1 Å². The largest absolute Gasteiger partial charge is 0.206 e. The molecule has 0 atom stereocenters. The Bertz CT molecular complexity index is 1130. The predicted octanol–water partition coefficient (Wildman–Crippen LogP) is 6.24. The topological polar surface area (TPSA) is 0 Å². The highest BCUT2D eigenvalue weighted by molar-refractivity contribution is 6.03. The average Bonchev–Trinajstić information content (AvgIpc) is 2.64. The first-order valence-electron chi connectivity index (χ1n) is 8.63. The van der Waals surface area contributed by atoms with E-state index in [4.69, 9.17) is 0 Å². The summed E-state index contributed by atoms with van der Waals surface area (Å²) in [5.41, 5.74) is 1.44. The highest BCUT2D eigenvalue weighted by Gasteiger charge is 2.33. The van der Waals surface area contributed by atoms with Crippen molar-refractivity contribution >= 4 is 0 Å². The molecule has 0 bridgehead atoms. The van der Waals surface area contributed by atoms with Crippen molar-refractivity contribution in [1.82, 2.24) is 0 Å². The van der Waals surface area contributed by atoms with Crippen molar-refractivity contribution in [3.63, 3.8) is 0 Å². The standard InChI is InChI=1S/C23H14F4/c1-2-5-14-10-11-16-17-12-15(9-8-13-6-3-4-7-18(13)24)22(26)23(27)20(17)19(16)21(14)25/h3-4,6-7,10-12H,2,5H2,1H3. The minimum absolute atomic E-state index is 0.0469. The SMILES string of the molecule is CCCc1ccc2c(c1F)-c1c-2cc(C#Cc2ccccc2F)c(F)c1F. The fourth-order valence-corrected chi connectivity index (χ4v) is 3.36. The van der Waals surface area contributed by atoms with Gasteiger partial charge in [0.15, 0.2) is 11.6 Å². The summed E-state index contributed by atoms with van der Waals surface area (Å²) in [7, 11) is 0. The smallest absolute Gasteiger partial charge is 0.175 e. The Hall–Kier alpha value is -3.06. The minimum Gasteiger partial charge on any atom is -0.206 e. The molecule has 0 N–H and O–H groups in total. The van der Waals surface area contributed by atoms with Gasteiger partial charge in [-0.1, -0.05) is 49.5 Å². The van der Waals surface area contributed by atoms with Gasteiger partial charge in [-0.15, -0.1) is 0 Å². The Morgan fingerprint density at radius 2 is 1.44 bits per heavy atom. The van der Waals surface area contributed by atoms with Crippen LogP contribution in [0.1, 0.15) is 30.0 Å². The summed E-state index contributed by atoms with van der Waals surface area (Å²) in [6.07, 6.45) is 1.29. The maximum Gasteiger partial charge on any atom is 0.175 e. The Morgan fingerprint density at radius 3 is 2.19 bits per heavy atom. The van der Waals surface area contributed by atoms with Crippen LogP contribution < -0.4 is 0 Å². The molecule has 4 heteroatoms. The molecule has 3 aromatic rings. The maximum atomic E-state index is 14.6. The normalized spacial score (nSPS) is 11.1. The summed E-state index contributed by atoms with van der Waals surface area (Å²) in [5, 5.41) is 0. The molecule has 1 aliphatic rings. The molecular formula is C23H14F4. The first-order chi connectivity index (χ1) is 13.0.